The SMILES string of the molecule is CC(C)C(=O)NCc1ccc(-c2ccccc2O)cc1. The maximum Gasteiger partial charge on any atom is 0.222 e. The highest BCUT2D eigenvalue weighted by molar-refractivity contribution is 5.77. The molecule has 0 fully saturated rings. The molecule has 0 radical (unpaired) electrons. The fraction of sp³-hybridized carbons (Fsp3) is 0.235. The first-order valence-corrected chi connectivity index (χ1v) is 6.73. The molecular formula is C17H19NO2. The number of benzene rings is 2. The van der Waals surface area contributed by atoms with E-state index in [2.05, 4.69) is 5.32 Å². The number of amides is 1. The van der Waals surface area contributed by atoms with Crippen LogP contribution < -0.4 is 5.32 Å². The standard InChI is InChI=1S/C17H19NO2/c1-12(2)17(20)18-11-13-7-9-14(10-8-13)15-5-3-4-6-16(15)19/h3-10,12,19H,11H2,1-2H3,(H,18,20). The molecule has 2 rings (SSSR count). The molecule has 2 aromatic rings. The molecule has 0 heterocycles. The first-order valence-electron chi connectivity index (χ1n) is 6.73. The Balaban J connectivity index is 2.07. The second kappa shape index (κ2) is 6.24. The van der Waals surface area contributed by atoms with E-state index in [1.54, 1.807) is 12.1 Å². The highest BCUT2D eigenvalue weighted by atomic mass is 16.3. The minimum absolute atomic E-state index is 0.00413. The highest BCUT2D eigenvalue weighted by Gasteiger charge is 2.06. The number of para-hydroxylation sites is 1. The number of phenols is 1. The van der Waals surface area contributed by atoms with Crippen LogP contribution in [0, 0.1) is 5.92 Å². The van der Waals surface area contributed by atoms with Crippen LogP contribution in [0.3, 0.4) is 0 Å². The first kappa shape index (κ1) is 14.1. The van der Waals surface area contributed by atoms with E-state index in [4.69, 9.17) is 0 Å². The Morgan fingerprint density at radius 2 is 1.75 bits per heavy atom. The van der Waals surface area contributed by atoms with Crippen LogP contribution in [0.15, 0.2) is 48.5 Å². The van der Waals surface area contributed by atoms with Gasteiger partial charge in [-0.2, -0.15) is 0 Å². The Hall–Kier alpha value is -2.29. The third-order valence-corrected chi connectivity index (χ3v) is 3.16. The van der Waals surface area contributed by atoms with Gasteiger partial charge in [0.25, 0.3) is 0 Å². The van der Waals surface area contributed by atoms with Crippen LogP contribution in [0.1, 0.15) is 19.4 Å². The summed E-state index contributed by atoms with van der Waals surface area (Å²) >= 11 is 0. The summed E-state index contributed by atoms with van der Waals surface area (Å²) < 4.78 is 0. The summed E-state index contributed by atoms with van der Waals surface area (Å²) in [4.78, 5) is 11.5. The van der Waals surface area contributed by atoms with E-state index < -0.39 is 0 Å². The predicted molar refractivity (Wildman–Crippen MR) is 80.2 cm³/mol. The van der Waals surface area contributed by atoms with Crippen molar-refractivity contribution in [2.45, 2.75) is 20.4 Å². The van der Waals surface area contributed by atoms with Gasteiger partial charge in [0.1, 0.15) is 5.75 Å². The van der Waals surface area contributed by atoms with Crippen LogP contribution in [0.4, 0.5) is 0 Å². The normalized spacial score (nSPS) is 10.6. The van der Waals surface area contributed by atoms with Crippen molar-refractivity contribution in [1.29, 1.82) is 0 Å². The lowest BCUT2D eigenvalue weighted by atomic mass is 10.0. The molecule has 2 N–H and O–H groups in total. The summed E-state index contributed by atoms with van der Waals surface area (Å²) in [6, 6.07) is 15.1. The number of hydrogen-bond acceptors (Lipinski definition) is 2. The van der Waals surface area contributed by atoms with Gasteiger partial charge in [-0.3, -0.25) is 4.79 Å². The summed E-state index contributed by atoms with van der Waals surface area (Å²) in [5.74, 6) is 0.318. The van der Waals surface area contributed by atoms with E-state index in [1.165, 1.54) is 0 Å². The Labute approximate surface area is 119 Å². The van der Waals surface area contributed by atoms with E-state index in [0.717, 1.165) is 16.7 Å². The number of rotatable bonds is 4. The molecule has 0 aliphatic carbocycles. The third-order valence-electron chi connectivity index (χ3n) is 3.16. The van der Waals surface area contributed by atoms with Crippen molar-refractivity contribution in [2.24, 2.45) is 5.92 Å². The maximum absolute atomic E-state index is 11.5. The zero-order chi connectivity index (χ0) is 14.5. The Morgan fingerprint density at radius 3 is 2.35 bits per heavy atom. The number of aromatic hydroxyl groups is 1. The number of phenolic OH excluding ortho intramolecular Hbond substituents is 1. The van der Waals surface area contributed by atoms with Crippen molar-refractivity contribution < 1.29 is 9.90 Å². The molecule has 3 heteroatoms. The van der Waals surface area contributed by atoms with Gasteiger partial charge >= 0.3 is 0 Å². The monoisotopic (exact) mass is 269 g/mol. The lowest BCUT2D eigenvalue weighted by Gasteiger charge is -2.09. The van der Waals surface area contributed by atoms with E-state index in [1.807, 2.05) is 50.2 Å². The topological polar surface area (TPSA) is 49.3 Å². The van der Waals surface area contributed by atoms with Crippen LogP contribution in [-0.4, -0.2) is 11.0 Å². The van der Waals surface area contributed by atoms with E-state index in [9.17, 15) is 9.90 Å². The van der Waals surface area contributed by atoms with Crippen LogP contribution in [0.25, 0.3) is 11.1 Å². The summed E-state index contributed by atoms with van der Waals surface area (Å²) in [6.45, 7) is 4.27. The first-order chi connectivity index (χ1) is 9.58. The number of hydrogen-bond donors (Lipinski definition) is 2. The Kier molecular flexibility index (Phi) is 4.41. The van der Waals surface area contributed by atoms with Gasteiger partial charge in [-0.25, -0.2) is 0 Å². The van der Waals surface area contributed by atoms with Gasteiger partial charge in [-0.15, -0.1) is 0 Å². The molecule has 0 aliphatic heterocycles. The predicted octanol–water partition coefficient (Wildman–Crippen LogP) is 3.33. The van der Waals surface area contributed by atoms with Gasteiger partial charge in [0.05, 0.1) is 0 Å². The number of carbonyl (C=O) groups is 1. The van der Waals surface area contributed by atoms with Crippen LogP contribution in [-0.2, 0) is 11.3 Å². The molecule has 0 unspecified atom stereocenters. The quantitative estimate of drug-likeness (QED) is 0.894. The molecule has 0 saturated carbocycles. The van der Waals surface area contributed by atoms with Crippen molar-refractivity contribution in [3.05, 3.63) is 54.1 Å². The van der Waals surface area contributed by atoms with E-state index in [0.29, 0.717) is 6.54 Å². The summed E-state index contributed by atoms with van der Waals surface area (Å²) in [7, 11) is 0. The fourth-order valence-electron chi connectivity index (χ4n) is 1.91. The Morgan fingerprint density at radius 1 is 1.10 bits per heavy atom. The lowest BCUT2D eigenvalue weighted by Crippen LogP contribution is -2.27. The zero-order valence-electron chi connectivity index (χ0n) is 11.8. The largest absolute Gasteiger partial charge is 0.507 e. The molecule has 0 saturated heterocycles. The molecule has 104 valence electrons. The molecule has 1 amide bonds. The molecule has 0 bridgehead atoms. The van der Waals surface area contributed by atoms with Crippen molar-refractivity contribution in [3.8, 4) is 16.9 Å². The molecule has 0 spiro atoms. The van der Waals surface area contributed by atoms with E-state index in [-0.39, 0.29) is 17.6 Å². The van der Waals surface area contributed by atoms with Crippen LogP contribution >= 0.6 is 0 Å². The summed E-state index contributed by atoms with van der Waals surface area (Å²) in [5, 5.41) is 12.7. The minimum Gasteiger partial charge on any atom is -0.507 e. The van der Waals surface area contributed by atoms with Gasteiger partial charge in [0.15, 0.2) is 0 Å². The Bertz CT molecular complexity index is 588. The number of nitrogens with one attached hydrogen (secondary N) is 1. The molecule has 0 aromatic heterocycles. The van der Waals surface area contributed by atoms with Gasteiger partial charge in [-0.05, 0) is 17.2 Å². The van der Waals surface area contributed by atoms with Gasteiger partial charge < -0.3 is 10.4 Å². The van der Waals surface area contributed by atoms with E-state index >= 15 is 0 Å². The third kappa shape index (κ3) is 3.38. The smallest absolute Gasteiger partial charge is 0.222 e. The average Bonchev–Trinajstić information content (AvgIpc) is 2.46. The molecular weight excluding hydrogens is 250 g/mol. The second-order valence-electron chi connectivity index (χ2n) is 5.09. The van der Waals surface area contributed by atoms with Crippen molar-refractivity contribution in [3.63, 3.8) is 0 Å². The maximum atomic E-state index is 11.5. The van der Waals surface area contributed by atoms with Crippen molar-refractivity contribution in [2.75, 3.05) is 0 Å². The molecule has 3 nitrogen and oxygen atoms in total. The summed E-state index contributed by atoms with van der Waals surface area (Å²) in [6.07, 6.45) is 0. The van der Waals surface area contributed by atoms with Gasteiger partial charge in [0.2, 0.25) is 5.91 Å². The molecule has 20 heavy (non-hydrogen) atoms. The average molecular weight is 269 g/mol. The molecule has 0 aliphatic rings. The lowest BCUT2D eigenvalue weighted by molar-refractivity contribution is -0.124. The van der Waals surface area contributed by atoms with Crippen LogP contribution in [0.2, 0.25) is 0 Å². The summed E-state index contributed by atoms with van der Waals surface area (Å²) in [5.41, 5.74) is 2.81. The minimum atomic E-state index is -0.00413. The van der Waals surface area contributed by atoms with Crippen LogP contribution in [0.5, 0.6) is 5.75 Å². The second-order valence-corrected chi connectivity index (χ2v) is 5.09. The van der Waals surface area contributed by atoms with Crippen molar-refractivity contribution >= 4 is 5.91 Å². The van der Waals surface area contributed by atoms with Crippen molar-refractivity contribution in [1.82, 2.24) is 5.32 Å². The molecule has 0 atom stereocenters. The molecule has 2 aromatic carbocycles. The number of carbonyl (C=O) groups excluding carboxylic acids is 1. The highest BCUT2D eigenvalue weighted by Crippen LogP contribution is 2.28. The fourth-order valence-corrected chi connectivity index (χ4v) is 1.91. The van der Waals surface area contributed by atoms with Gasteiger partial charge in [0, 0.05) is 18.0 Å². The zero-order valence-corrected chi connectivity index (χ0v) is 11.8. The van der Waals surface area contributed by atoms with Gasteiger partial charge in [-0.1, -0.05) is 56.3 Å².